The van der Waals surface area contributed by atoms with Gasteiger partial charge in [-0.15, -0.1) is 0 Å². The first-order chi connectivity index (χ1) is 8.59. The van der Waals surface area contributed by atoms with E-state index in [-0.39, 0.29) is 19.7 Å². The molecule has 0 aliphatic heterocycles. The third-order valence-electron chi connectivity index (χ3n) is 2.20. The van der Waals surface area contributed by atoms with Crippen molar-refractivity contribution in [3.05, 3.63) is 34.9 Å². The van der Waals surface area contributed by atoms with Crippen LogP contribution in [0.25, 0.3) is 0 Å². The first-order valence-electron chi connectivity index (χ1n) is 5.58. The number of hydrogen-bond donors (Lipinski definition) is 3. The predicted molar refractivity (Wildman–Crippen MR) is 69.2 cm³/mol. The van der Waals surface area contributed by atoms with E-state index in [4.69, 9.17) is 22.1 Å². The molecule has 0 heterocycles. The molecule has 100 valence electrons. The topological polar surface area (TPSA) is 84.6 Å². The first kappa shape index (κ1) is 14.9. The molecule has 0 spiro atoms. The van der Waals surface area contributed by atoms with E-state index in [1.165, 1.54) is 0 Å². The van der Waals surface area contributed by atoms with Crippen molar-refractivity contribution in [2.24, 2.45) is 5.73 Å². The lowest BCUT2D eigenvalue weighted by molar-refractivity contribution is -0.117. The molecule has 1 aromatic carbocycles. The standard InChI is InChI=1S/C12H17ClN2O3/c13-11-4-2-1-3-9(11)7-18-8-10(16)5-15-6-12(14)17/h1-4,10,15-16H,5-8H2,(H2,14,17). The highest BCUT2D eigenvalue weighted by Gasteiger charge is 2.05. The minimum absolute atomic E-state index is 0.0432. The van der Waals surface area contributed by atoms with E-state index < -0.39 is 12.0 Å². The Balaban J connectivity index is 2.17. The predicted octanol–water partition coefficient (Wildman–Crippen LogP) is 0.292. The zero-order chi connectivity index (χ0) is 13.4. The molecule has 1 unspecified atom stereocenters. The van der Waals surface area contributed by atoms with Crippen LogP contribution in [-0.4, -0.2) is 36.8 Å². The summed E-state index contributed by atoms with van der Waals surface area (Å²) >= 11 is 5.95. The highest BCUT2D eigenvalue weighted by atomic mass is 35.5. The number of nitrogens with two attached hydrogens (primary N) is 1. The van der Waals surface area contributed by atoms with E-state index in [0.717, 1.165) is 5.56 Å². The molecule has 5 nitrogen and oxygen atoms in total. The highest BCUT2D eigenvalue weighted by Crippen LogP contribution is 2.15. The molecule has 0 radical (unpaired) electrons. The maximum atomic E-state index is 10.4. The van der Waals surface area contributed by atoms with Crippen molar-refractivity contribution in [1.82, 2.24) is 5.32 Å². The van der Waals surface area contributed by atoms with Crippen molar-refractivity contribution in [2.75, 3.05) is 19.7 Å². The SMILES string of the molecule is NC(=O)CNCC(O)COCc1ccccc1Cl. The quantitative estimate of drug-likeness (QED) is 0.635. The Kier molecular flexibility index (Phi) is 6.67. The van der Waals surface area contributed by atoms with E-state index in [0.29, 0.717) is 11.6 Å². The summed E-state index contributed by atoms with van der Waals surface area (Å²) < 4.78 is 5.33. The van der Waals surface area contributed by atoms with Crippen LogP contribution in [0.2, 0.25) is 5.02 Å². The average molecular weight is 273 g/mol. The first-order valence-corrected chi connectivity index (χ1v) is 5.95. The van der Waals surface area contributed by atoms with Crippen LogP contribution >= 0.6 is 11.6 Å². The van der Waals surface area contributed by atoms with Gasteiger partial charge in [0, 0.05) is 11.6 Å². The van der Waals surface area contributed by atoms with Crippen molar-refractivity contribution >= 4 is 17.5 Å². The van der Waals surface area contributed by atoms with Crippen LogP contribution < -0.4 is 11.1 Å². The normalized spacial score (nSPS) is 12.3. The van der Waals surface area contributed by atoms with E-state index in [9.17, 15) is 9.90 Å². The van der Waals surface area contributed by atoms with Crippen LogP contribution in [-0.2, 0) is 16.1 Å². The average Bonchev–Trinajstić information content (AvgIpc) is 2.31. The zero-order valence-electron chi connectivity index (χ0n) is 9.93. The van der Waals surface area contributed by atoms with Gasteiger partial charge < -0.3 is 20.9 Å². The number of carbonyl (C=O) groups is 1. The minimum atomic E-state index is -0.688. The van der Waals surface area contributed by atoms with E-state index in [1.54, 1.807) is 6.07 Å². The number of aliphatic hydroxyl groups is 1. The zero-order valence-corrected chi connectivity index (χ0v) is 10.7. The van der Waals surface area contributed by atoms with Crippen LogP contribution in [0, 0.1) is 0 Å². The van der Waals surface area contributed by atoms with Crippen molar-refractivity contribution < 1.29 is 14.6 Å². The number of carbonyl (C=O) groups excluding carboxylic acids is 1. The summed E-state index contributed by atoms with van der Waals surface area (Å²) in [6.07, 6.45) is -0.688. The summed E-state index contributed by atoms with van der Waals surface area (Å²) in [4.78, 5) is 10.4. The van der Waals surface area contributed by atoms with Gasteiger partial charge >= 0.3 is 0 Å². The number of amides is 1. The number of benzene rings is 1. The molecule has 0 aliphatic rings. The van der Waals surface area contributed by atoms with Gasteiger partial charge in [-0.1, -0.05) is 29.8 Å². The third-order valence-corrected chi connectivity index (χ3v) is 2.57. The summed E-state index contributed by atoms with van der Waals surface area (Å²) in [6.45, 7) is 0.802. The smallest absolute Gasteiger partial charge is 0.231 e. The second-order valence-corrected chi connectivity index (χ2v) is 4.26. The Hall–Kier alpha value is -1.14. The van der Waals surface area contributed by atoms with Gasteiger partial charge in [0.05, 0.1) is 25.9 Å². The Morgan fingerprint density at radius 3 is 2.89 bits per heavy atom. The monoisotopic (exact) mass is 272 g/mol. The molecule has 4 N–H and O–H groups in total. The molecule has 0 saturated heterocycles. The minimum Gasteiger partial charge on any atom is -0.389 e. The second-order valence-electron chi connectivity index (χ2n) is 3.86. The number of primary amides is 1. The van der Waals surface area contributed by atoms with Crippen LogP contribution in [0.15, 0.2) is 24.3 Å². The van der Waals surface area contributed by atoms with Gasteiger partial charge in [0.2, 0.25) is 5.91 Å². The van der Waals surface area contributed by atoms with Gasteiger partial charge in [0.25, 0.3) is 0 Å². The van der Waals surface area contributed by atoms with Crippen molar-refractivity contribution in [3.63, 3.8) is 0 Å². The number of nitrogens with one attached hydrogen (secondary N) is 1. The summed E-state index contributed by atoms with van der Waals surface area (Å²) in [5.74, 6) is -0.459. The largest absolute Gasteiger partial charge is 0.389 e. The van der Waals surface area contributed by atoms with E-state index in [1.807, 2.05) is 18.2 Å². The maximum absolute atomic E-state index is 10.4. The molecule has 1 amide bonds. The van der Waals surface area contributed by atoms with Gasteiger partial charge in [0.1, 0.15) is 0 Å². The van der Waals surface area contributed by atoms with E-state index >= 15 is 0 Å². The van der Waals surface area contributed by atoms with Gasteiger partial charge in [-0.3, -0.25) is 4.79 Å². The summed E-state index contributed by atoms with van der Waals surface area (Å²) in [5.41, 5.74) is 5.81. The van der Waals surface area contributed by atoms with Crippen LogP contribution in [0.3, 0.4) is 0 Å². The lowest BCUT2D eigenvalue weighted by Crippen LogP contribution is -2.36. The number of aliphatic hydroxyl groups excluding tert-OH is 1. The number of ether oxygens (including phenoxy) is 1. The summed E-state index contributed by atoms with van der Waals surface area (Å²) in [5, 5.41) is 12.9. The molecule has 1 atom stereocenters. The fourth-order valence-corrected chi connectivity index (χ4v) is 1.53. The van der Waals surface area contributed by atoms with Gasteiger partial charge in [-0.05, 0) is 11.6 Å². The number of halogens is 1. The van der Waals surface area contributed by atoms with E-state index in [2.05, 4.69) is 5.32 Å². The Morgan fingerprint density at radius 2 is 2.22 bits per heavy atom. The van der Waals surface area contributed by atoms with Crippen LogP contribution in [0.1, 0.15) is 5.56 Å². The van der Waals surface area contributed by atoms with Crippen molar-refractivity contribution in [1.29, 1.82) is 0 Å². The molecule has 1 rings (SSSR count). The van der Waals surface area contributed by atoms with Crippen LogP contribution in [0.4, 0.5) is 0 Å². The molecular formula is C12H17ClN2O3. The second kappa shape index (κ2) is 8.05. The number of rotatable bonds is 8. The molecule has 0 bridgehead atoms. The molecule has 0 saturated carbocycles. The molecule has 6 heteroatoms. The molecule has 18 heavy (non-hydrogen) atoms. The van der Waals surface area contributed by atoms with Crippen LogP contribution in [0.5, 0.6) is 0 Å². The Morgan fingerprint density at radius 1 is 1.50 bits per heavy atom. The lowest BCUT2D eigenvalue weighted by atomic mass is 10.2. The molecule has 0 aliphatic carbocycles. The fourth-order valence-electron chi connectivity index (χ4n) is 1.34. The van der Waals surface area contributed by atoms with Gasteiger partial charge in [0.15, 0.2) is 0 Å². The van der Waals surface area contributed by atoms with Crippen molar-refractivity contribution in [3.8, 4) is 0 Å². The molecule has 0 aromatic heterocycles. The highest BCUT2D eigenvalue weighted by molar-refractivity contribution is 6.31. The third kappa shape index (κ3) is 5.97. The summed E-state index contributed by atoms with van der Waals surface area (Å²) in [6, 6.07) is 7.36. The molecular weight excluding hydrogens is 256 g/mol. The van der Waals surface area contributed by atoms with Gasteiger partial charge in [-0.25, -0.2) is 0 Å². The fraction of sp³-hybridized carbons (Fsp3) is 0.417. The lowest BCUT2D eigenvalue weighted by Gasteiger charge is -2.12. The molecule has 0 fully saturated rings. The number of hydrogen-bond acceptors (Lipinski definition) is 4. The molecule has 1 aromatic rings. The maximum Gasteiger partial charge on any atom is 0.231 e. The Bertz CT molecular complexity index is 387. The van der Waals surface area contributed by atoms with Crippen molar-refractivity contribution in [2.45, 2.75) is 12.7 Å². The van der Waals surface area contributed by atoms with Gasteiger partial charge in [-0.2, -0.15) is 0 Å². The summed E-state index contributed by atoms with van der Waals surface area (Å²) in [7, 11) is 0. The Labute approximate surface area is 111 Å².